The molecule has 2 N–H and O–H groups in total. The summed E-state index contributed by atoms with van der Waals surface area (Å²) in [7, 11) is 0. The van der Waals surface area contributed by atoms with Crippen molar-refractivity contribution in [3.63, 3.8) is 0 Å². The molecule has 0 aliphatic heterocycles. The van der Waals surface area contributed by atoms with Crippen LogP contribution < -0.4 is 56.1 Å². The topological polar surface area (TPSA) is 49.7 Å². The minimum absolute atomic E-state index is 0. The van der Waals surface area contributed by atoms with E-state index >= 15 is 0 Å². The first-order chi connectivity index (χ1) is 11.1. The molecule has 0 amide bonds. The quantitative estimate of drug-likeness (QED) is 0.628. The average Bonchev–Trinajstić information content (AvgIpc) is 2.48. The van der Waals surface area contributed by atoms with Gasteiger partial charge >= 0.3 is 51.4 Å². The van der Waals surface area contributed by atoms with Gasteiger partial charge in [-0.05, 0) is 44.0 Å². The van der Waals surface area contributed by atoms with E-state index in [9.17, 15) is 8.78 Å². The molecule has 0 unspecified atom stereocenters. The maximum atomic E-state index is 13.2. The third kappa shape index (κ3) is 9.12. The van der Waals surface area contributed by atoms with Gasteiger partial charge in [0.15, 0.2) is 0 Å². The summed E-state index contributed by atoms with van der Waals surface area (Å²) in [6, 6.07) is 10.3. The predicted octanol–water partition coefficient (Wildman–Crippen LogP) is 1.47. The molecule has 0 saturated heterocycles. The molecule has 0 aliphatic carbocycles. The van der Waals surface area contributed by atoms with Crippen LogP contribution in [0.2, 0.25) is 0 Å². The second kappa shape index (κ2) is 11.3. The molecule has 0 saturated carbocycles. The number of phenols is 1. The van der Waals surface area contributed by atoms with Gasteiger partial charge in [-0.25, -0.2) is 0 Å². The fraction of sp³-hybridized carbons (Fsp3) is 0.368. The van der Waals surface area contributed by atoms with E-state index in [4.69, 9.17) is 14.9 Å². The van der Waals surface area contributed by atoms with Crippen molar-refractivity contribution in [1.29, 1.82) is 0 Å². The summed E-state index contributed by atoms with van der Waals surface area (Å²) in [5.74, 6) is -0.501. The van der Waals surface area contributed by atoms with E-state index in [1.807, 2.05) is 27.7 Å². The van der Waals surface area contributed by atoms with E-state index < -0.39 is 17.2 Å². The molecular formula is C19H23F2KO3. The molecule has 0 spiro atoms. The predicted molar refractivity (Wildman–Crippen MR) is 88.8 cm³/mol. The smallest absolute Gasteiger partial charge is 0.508 e. The first-order valence-electron chi connectivity index (χ1n) is 7.59. The first-order valence-corrected chi connectivity index (χ1v) is 7.59. The van der Waals surface area contributed by atoms with Crippen LogP contribution in [-0.4, -0.2) is 15.8 Å². The number of halogens is 2. The largest absolute Gasteiger partial charge is 1.00 e. The van der Waals surface area contributed by atoms with Crippen LogP contribution in [0.3, 0.4) is 0 Å². The van der Waals surface area contributed by atoms with E-state index in [0.29, 0.717) is 11.7 Å². The number of rotatable bonds is 4. The first kappa shape index (κ1) is 24.5. The SMILES string of the molecule is CC(C)C(C)(C)O.Oc1ccc(OCc2c(F)c[c-]cc2F)cc1.[K+]. The fourth-order valence-electron chi connectivity index (χ4n) is 1.31. The van der Waals surface area contributed by atoms with Gasteiger partial charge in [-0.1, -0.05) is 19.4 Å². The van der Waals surface area contributed by atoms with Crippen molar-refractivity contribution in [3.05, 3.63) is 59.7 Å². The van der Waals surface area contributed by atoms with Gasteiger partial charge in [0.25, 0.3) is 0 Å². The summed E-state index contributed by atoms with van der Waals surface area (Å²) >= 11 is 0. The molecule has 0 aromatic heterocycles. The van der Waals surface area contributed by atoms with Gasteiger partial charge in [0.2, 0.25) is 0 Å². The van der Waals surface area contributed by atoms with Gasteiger partial charge in [0.05, 0.1) is 12.2 Å². The Bertz CT molecular complexity index is 618. The van der Waals surface area contributed by atoms with Crippen molar-refractivity contribution in [1.82, 2.24) is 0 Å². The zero-order chi connectivity index (χ0) is 18.3. The van der Waals surface area contributed by atoms with Crippen molar-refractivity contribution in [3.8, 4) is 11.5 Å². The Morgan fingerprint density at radius 3 is 1.92 bits per heavy atom. The van der Waals surface area contributed by atoms with E-state index in [-0.39, 0.29) is 69.3 Å². The Balaban J connectivity index is 0.000000620. The second-order valence-corrected chi connectivity index (χ2v) is 6.22. The molecule has 132 valence electrons. The molecule has 2 rings (SSSR count). The van der Waals surface area contributed by atoms with Gasteiger partial charge in [-0.15, -0.1) is 12.1 Å². The Morgan fingerprint density at radius 2 is 1.52 bits per heavy atom. The van der Waals surface area contributed by atoms with Crippen molar-refractivity contribution >= 4 is 0 Å². The zero-order valence-corrected chi connectivity index (χ0v) is 18.4. The van der Waals surface area contributed by atoms with Crippen LogP contribution in [0.5, 0.6) is 11.5 Å². The Kier molecular flexibility index (Phi) is 11.0. The molecule has 25 heavy (non-hydrogen) atoms. The third-order valence-corrected chi connectivity index (χ3v) is 3.63. The minimum atomic E-state index is -0.691. The van der Waals surface area contributed by atoms with E-state index in [1.165, 1.54) is 24.3 Å². The number of benzene rings is 2. The third-order valence-electron chi connectivity index (χ3n) is 3.63. The van der Waals surface area contributed by atoms with Gasteiger partial charge in [0.1, 0.15) is 11.5 Å². The summed E-state index contributed by atoms with van der Waals surface area (Å²) in [4.78, 5) is 0. The molecular weight excluding hydrogens is 353 g/mol. The molecule has 2 aromatic rings. The molecule has 3 nitrogen and oxygen atoms in total. The molecule has 0 radical (unpaired) electrons. The molecule has 0 heterocycles. The molecule has 0 atom stereocenters. The van der Waals surface area contributed by atoms with Gasteiger partial charge in [-0.3, -0.25) is 8.78 Å². The van der Waals surface area contributed by atoms with Crippen molar-refractivity contribution in [2.24, 2.45) is 5.92 Å². The number of hydrogen-bond donors (Lipinski definition) is 2. The van der Waals surface area contributed by atoms with E-state index in [2.05, 4.69) is 6.07 Å². The summed E-state index contributed by atoms with van der Waals surface area (Å²) in [6.07, 6.45) is 0. The van der Waals surface area contributed by atoms with Crippen LogP contribution in [0, 0.1) is 23.6 Å². The number of aromatic hydroxyl groups is 1. The maximum absolute atomic E-state index is 13.2. The fourth-order valence-corrected chi connectivity index (χ4v) is 1.31. The Hall–Kier alpha value is -0.504. The normalized spacial score (nSPS) is 10.6. The summed E-state index contributed by atoms with van der Waals surface area (Å²) in [5, 5.41) is 18.1. The molecule has 2 aromatic carbocycles. The Labute approximate surface area is 190 Å². The van der Waals surface area contributed by atoms with Crippen LogP contribution in [0.1, 0.15) is 33.3 Å². The number of hydrogen-bond acceptors (Lipinski definition) is 3. The van der Waals surface area contributed by atoms with Crippen LogP contribution in [0.25, 0.3) is 0 Å². The van der Waals surface area contributed by atoms with Crippen LogP contribution in [0.4, 0.5) is 8.78 Å². The van der Waals surface area contributed by atoms with Crippen LogP contribution >= 0.6 is 0 Å². The van der Waals surface area contributed by atoms with E-state index in [0.717, 1.165) is 12.1 Å². The molecule has 0 aliphatic rings. The molecule has 6 heteroatoms. The van der Waals surface area contributed by atoms with Crippen molar-refractivity contribution in [2.75, 3.05) is 0 Å². The van der Waals surface area contributed by atoms with Gasteiger partial charge in [0, 0.05) is 11.6 Å². The molecule has 0 fully saturated rings. The number of phenolic OH excluding ortho intramolecular Hbond substituents is 1. The van der Waals surface area contributed by atoms with Crippen LogP contribution in [0.15, 0.2) is 36.4 Å². The zero-order valence-electron chi connectivity index (χ0n) is 15.3. The summed E-state index contributed by atoms with van der Waals surface area (Å²) in [6.45, 7) is 7.42. The summed E-state index contributed by atoms with van der Waals surface area (Å²) < 4.78 is 31.7. The van der Waals surface area contributed by atoms with Crippen LogP contribution in [-0.2, 0) is 6.61 Å². The Morgan fingerprint density at radius 1 is 1.08 bits per heavy atom. The number of aliphatic hydroxyl groups is 1. The van der Waals surface area contributed by atoms with Crippen molar-refractivity contribution in [2.45, 2.75) is 39.9 Å². The number of ether oxygens (including phenoxy) is 1. The maximum Gasteiger partial charge on any atom is 1.00 e. The van der Waals surface area contributed by atoms with Gasteiger partial charge < -0.3 is 14.9 Å². The average molecular weight is 376 g/mol. The molecule has 0 bridgehead atoms. The van der Waals surface area contributed by atoms with E-state index in [1.54, 1.807) is 0 Å². The standard InChI is InChI=1S/C13H9F2O2.C6H14O.K/c14-12-2-1-3-13(15)11(12)8-17-10-6-4-9(16)5-7-10;1-5(2)6(3,4)7;/h2-7,16H,8H2;5,7H,1-4H3;/q-1;;+1. The second-order valence-electron chi connectivity index (χ2n) is 6.22. The summed E-state index contributed by atoms with van der Waals surface area (Å²) in [5.41, 5.74) is -0.642. The monoisotopic (exact) mass is 376 g/mol. The van der Waals surface area contributed by atoms with Crippen molar-refractivity contribution < 1.29 is 75.1 Å². The van der Waals surface area contributed by atoms with Gasteiger partial charge in [-0.2, -0.15) is 6.07 Å². The minimum Gasteiger partial charge on any atom is -0.508 e.